The fraction of sp³-hybridized carbons (Fsp3) is 0.0909. The Kier molecular flexibility index (Phi) is 1.80. The third kappa shape index (κ3) is 1.30. The average Bonchev–Trinajstić information content (AvgIpc) is 2.59. The van der Waals surface area contributed by atoms with E-state index in [-0.39, 0.29) is 0 Å². The van der Waals surface area contributed by atoms with Crippen LogP contribution >= 0.6 is 0 Å². The van der Waals surface area contributed by atoms with Crippen LogP contribution in [0, 0.1) is 12.3 Å². The van der Waals surface area contributed by atoms with E-state index in [1.165, 1.54) is 0 Å². The maximum atomic E-state index is 5.63. The summed E-state index contributed by atoms with van der Waals surface area (Å²) in [6.07, 6.45) is 5.19. The summed E-state index contributed by atoms with van der Waals surface area (Å²) in [7, 11) is 0. The van der Waals surface area contributed by atoms with Crippen molar-refractivity contribution in [2.24, 2.45) is 5.73 Å². The van der Waals surface area contributed by atoms with Gasteiger partial charge in [0.15, 0.2) is 0 Å². The smallest absolute Gasteiger partial charge is 0.134 e. The highest BCUT2D eigenvalue weighted by Crippen LogP contribution is 2.21. The van der Waals surface area contributed by atoms with Gasteiger partial charge in [-0.15, -0.1) is 6.42 Å². The molecule has 0 aliphatic rings. The zero-order chi connectivity index (χ0) is 9.26. The molecule has 0 bridgehead atoms. The van der Waals surface area contributed by atoms with Crippen LogP contribution in [-0.4, -0.2) is 0 Å². The monoisotopic (exact) mass is 171 g/mol. The number of benzene rings is 1. The zero-order valence-corrected chi connectivity index (χ0v) is 7.03. The Balaban J connectivity index is 2.57. The number of fused-ring (bicyclic) bond motifs is 1. The van der Waals surface area contributed by atoms with Gasteiger partial charge in [-0.05, 0) is 12.1 Å². The number of furan rings is 1. The average molecular weight is 171 g/mol. The first-order valence-electron chi connectivity index (χ1n) is 4.01. The zero-order valence-electron chi connectivity index (χ0n) is 7.03. The summed E-state index contributed by atoms with van der Waals surface area (Å²) in [5.74, 6) is 3.07. The minimum atomic E-state index is -0.451. The van der Waals surface area contributed by atoms with Crippen LogP contribution in [0.2, 0.25) is 0 Å². The molecule has 0 radical (unpaired) electrons. The van der Waals surface area contributed by atoms with Gasteiger partial charge in [-0.2, -0.15) is 0 Å². The summed E-state index contributed by atoms with van der Waals surface area (Å²) in [6, 6.07) is 9.14. The highest BCUT2D eigenvalue weighted by molar-refractivity contribution is 5.77. The number of hydrogen-bond donors (Lipinski definition) is 1. The van der Waals surface area contributed by atoms with Gasteiger partial charge in [-0.25, -0.2) is 0 Å². The van der Waals surface area contributed by atoms with E-state index in [2.05, 4.69) is 5.92 Å². The number of terminal acetylenes is 1. The van der Waals surface area contributed by atoms with E-state index in [4.69, 9.17) is 16.6 Å². The maximum Gasteiger partial charge on any atom is 0.134 e. The molecule has 2 rings (SSSR count). The van der Waals surface area contributed by atoms with E-state index in [0.717, 1.165) is 11.0 Å². The third-order valence-corrected chi connectivity index (χ3v) is 1.93. The normalized spacial score (nSPS) is 12.6. The van der Waals surface area contributed by atoms with Crippen LogP contribution in [0.1, 0.15) is 11.8 Å². The quantitative estimate of drug-likeness (QED) is 0.667. The highest BCUT2D eigenvalue weighted by atomic mass is 16.3. The van der Waals surface area contributed by atoms with Crippen LogP contribution in [0.15, 0.2) is 34.7 Å². The molecule has 2 heteroatoms. The first kappa shape index (κ1) is 7.90. The molecule has 0 saturated carbocycles. The largest absolute Gasteiger partial charge is 0.458 e. The number of para-hydroxylation sites is 1. The topological polar surface area (TPSA) is 39.2 Å². The van der Waals surface area contributed by atoms with Crippen molar-refractivity contribution in [1.82, 2.24) is 0 Å². The molecule has 2 aromatic rings. The summed E-state index contributed by atoms with van der Waals surface area (Å²) in [5.41, 5.74) is 6.45. The fourth-order valence-electron chi connectivity index (χ4n) is 1.24. The molecule has 1 heterocycles. The van der Waals surface area contributed by atoms with E-state index in [9.17, 15) is 0 Å². The summed E-state index contributed by atoms with van der Waals surface area (Å²) in [4.78, 5) is 0. The molecule has 2 nitrogen and oxygen atoms in total. The molecule has 1 aromatic carbocycles. The number of rotatable bonds is 1. The molecule has 0 fully saturated rings. The first-order valence-corrected chi connectivity index (χ1v) is 4.01. The predicted molar refractivity (Wildman–Crippen MR) is 52.0 cm³/mol. The molecule has 0 aliphatic heterocycles. The van der Waals surface area contributed by atoms with Crippen molar-refractivity contribution in [2.75, 3.05) is 0 Å². The number of hydrogen-bond acceptors (Lipinski definition) is 2. The molecule has 1 atom stereocenters. The van der Waals surface area contributed by atoms with Crippen molar-refractivity contribution in [2.45, 2.75) is 6.04 Å². The second kappa shape index (κ2) is 2.96. The minimum absolute atomic E-state index is 0.451. The Labute approximate surface area is 76.3 Å². The predicted octanol–water partition coefficient (Wildman–Crippen LogP) is 2.07. The van der Waals surface area contributed by atoms with Gasteiger partial charge >= 0.3 is 0 Å². The van der Waals surface area contributed by atoms with E-state index >= 15 is 0 Å². The summed E-state index contributed by atoms with van der Waals surface area (Å²) >= 11 is 0. The summed E-state index contributed by atoms with van der Waals surface area (Å²) in [5, 5.41) is 1.03. The molecular weight excluding hydrogens is 162 g/mol. The summed E-state index contributed by atoms with van der Waals surface area (Å²) < 4.78 is 5.45. The molecule has 0 aliphatic carbocycles. The second-order valence-electron chi connectivity index (χ2n) is 2.83. The van der Waals surface area contributed by atoms with Gasteiger partial charge in [0.25, 0.3) is 0 Å². The van der Waals surface area contributed by atoms with Gasteiger partial charge in [0, 0.05) is 5.39 Å². The first-order chi connectivity index (χ1) is 6.31. The molecule has 64 valence electrons. The van der Waals surface area contributed by atoms with Crippen molar-refractivity contribution in [3.8, 4) is 12.3 Å². The van der Waals surface area contributed by atoms with E-state index < -0.39 is 6.04 Å². The van der Waals surface area contributed by atoms with Crippen LogP contribution in [0.25, 0.3) is 11.0 Å². The standard InChI is InChI=1S/C11H9NO/c1-2-9(12)11-7-8-5-3-4-6-10(8)13-11/h1,3-7,9H,12H2. The van der Waals surface area contributed by atoms with Crippen molar-refractivity contribution in [3.63, 3.8) is 0 Å². The van der Waals surface area contributed by atoms with Crippen LogP contribution in [0.4, 0.5) is 0 Å². The molecule has 1 aromatic heterocycles. The fourth-order valence-corrected chi connectivity index (χ4v) is 1.24. The van der Waals surface area contributed by atoms with Crippen molar-refractivity contribution in [1.29, 1.82) is 0 Å². The molecular formula is C11H9NO. The van der Waals surface area contributed by atoms with Crippen LogP contribution in [0.3, 0.4) is 0 Å². The molecule has 2 N–H and O–H groups in total. The molecule has 1 unspecified atom stereocenters. The van der Waals surface area contributed by atoms with E-state index in [1.54, 1.807) is 0 Å². The Morgan fingerprint density at radius 3 is 2.85 bits per heavy atom. The van der Waals surface area contributed by atoms with Gasteiger partial charge in [-0.3, -0.25) is 0 Å². The Bertz CT molecular complexity index is 431. The molecule has 0 spiro atoms. The maximum absolute atomic E-state index is 5.63. The van der Waals surface area contributed by atoms with Gasteiger partial charge in [0.05, 0.1) is 0 Å². The lowest BCUT2D eigenvalue weighted by molar-refractivity contribution is 0.535. The van der Waals surface area contributed by atoms with Gasteiger partial charge in [0.2, 0.25) is 0 Å². The Hall–Kier alpha value is -1.72. The van der Waals surface area contributed by atoms with Crippen LogP contribution in [0.5, 0.6) is 0 Å². The van der Waals surface area contributed by atoms with Gasteiger partial charge < -0.3 is 10.2 Å². The Morgan fingerprint density at radius 1 is 1.38 bits per heavy atom. The number of nitrogens with two attached hydrogens (primary N) is 1. The van der Waals surface area contributed by atoms with Gasteiger partial charge in [0.1, 0.15) is 17.4 Å². The summed E-state index contributed by atoms with van der Waals surface area (Å²) in [6.45, 7) is 0. The lowest BCUT2D eigenvalue weighted by atomic mass is 10.2. The van der Waals surface area contributed by atoms with Crippen molar-refractivity contribution < 1.29 is 4.42 Å². The molecule has 13 heavy (non-hydrogen) atoms. The van der Waals surface area contributed by atoms with Crippen molar-refractivity contribution >= 4 is 11.0 Å². The lowest BCUT2D eigenvalue weighted by Gasteiger charge is -1.95. The lowest BCUT2D eigenvalue weighted by Crippen LogP contribution is -2.05. The van der Waals surface area contributed by atoms with Crippen LogP contribution in [-0.2, 0) is 0 Å². The van der Waals surface area contributed by atoms with Gasteiger partial charge in [-0.1, -0.05) is 24.1 Å². The SMILES string of the molecule is C#CC(N)c1cc2ccccc2o1. The second-order valence-corrected chi connectivity index (χ2v) is 2.83. The minimum Gasteiger partial charge on any atom is -0.458 e. The third-order valence-electron chi connectivity index (χ3n) is 1.93. The van der Waals surface area contributed by atoms with E-state index in [0.29, 0.717) is 5.76 Å². The van der Waals surface area contributed by atoms with E-state index in [1.807, 2.05) is 30.3 Å². The molecule has 0 amide bonds. The molecule has 0 saturated heterocycles. The highest BCUT2D eigenvalue weighted by Gasteiger charge is 2.07. The van der Waals surface area contributed by atoms with Crippen LogP contribution < -0.4 is 5.73 Å². The Morgan fingerprint density at radius 2 is 2.15 bits per heavy atom. The van der Waals surface area contributed by atoms with Crippen molar-refractivity contribution in [3.05, 3.63) is 36.1 Å².